The summed E-state index contributed by atoms with van der Waals surface area (Å²) < 4.78 is 10.4. The van der Waals surface area contributed by atoms with E-state index in [1.54, 1.807) is 6.92 Å². The second-order valence-electron chi connectivity index (χ2n) is 5.96. The third kappa shape index (κ3) is 5.52. The molecule has 4 nitrogen and oxygen atoms in total. The van der Waals surface area contributed by atoms with E-state index in [0.717, 1.165) is 12.3 Å². The molecule has 1 fully saturated rings. The van der Waals surface area contributed by atoms with Crippen LogP contribution in [0.5, 0.6) is 0 Å². The summed E-state index contributed by atoms with van der Waals surface area (Å²) in [5.41, 5.74) is -0.665. The first kappa shape index (κ1) is 18.4. The van der Waals surface area contributed by atoms with Crippen LogP contribution in [0.2, 0.25) is 0 Å². The maximum atomic E-state index is 11.9. The van der Waals surface area contributed by atoms with Crippen molar-refractivity contribution in [3.63, 3.8) is 0 Å². The predicted octanol–water partition coefficient (Wildman–Crippen LogP) is 2.51. The van der Waals surface area contributed by atoms with Crippen molar-refractivity contribution >= 4 is 11.9 Å². The fraction of sp³-hybridized carbons (Fsp3) is 0.786. The molecule has 0 amide bonds. The van der Waals surface area contributed by atoms with Crippen LogP contribution in [0, 0.1) is 17.8 Å². The summed E-state index contributed by atoms with van der Waals surface area (Å²) in [6, 6.07) is 0. The molecular weight excluding hydrogens is 333 g/mol. The smallest absolute Gasteiger partial charge is 0.482 e. The van der Waals surface area contributed by atoms with E-state index in [1.165, 1.54) is 0 Å². The minimum Gasteiger partial charge on any atom is -0.482 e. The Balaban J connectivity index is 0.00000324. The summed E-state index contributed by atoms with van der Waals surface area (Å²) in [5.74, 6) is 0.612. The van der Waals surface area contributed by atoms with E-state index in [1.807, 2.05) is 13.8 Å². The van der Waals surface area contributed by atoms with Gasteiger partial charge in [0, 0.05) is 5.92 Å². The molecule has 111 valence electrons. The second kappa shape index (κ2) is 7.28. The van der Waals surface area contributed by atoms with Gasteiger partial charge in [0.15, 0.2) is 5.97 Å². The van der Waals surface area contributed by atoms with E-state index in [9.17, 15) is 9.59 Å². The molecule has 1 saturated heterocycles. The van der Waals surface area contributed by atoms with Crippen molar-refractivity contribution in [3.05, 3.63) is 5.92 Å². The number of cyclic esters (lactones) is 1. The van der Waals surface area contributed by atoms with Gasteiger partial charge in [-0.05, 0) is 13.8 Å². The molecule has 0 spiro atoms. The number of rotatable bonds is 5. The Morgan fingerprint density at radius 1 is 1.53 bits per heavy atom. The Bertz CT molecular complexity index is 325. The van der Waals surface area contributed by atoms with Gasteiger partial charge in [0.05, 0.1) is 13.0 Å². The monoisotopic (exact) mass is 357 g/mol. The molecule has 0 saturated carbocycles. The van der Waals surface area contributed by atoms with Crippen LogP contribution < -0.4 is 0 Å². The molecule has 1 rings (SSSR count). The van der Waals surface area contributed by atoms with Crippen LogP contribution in [0.25, 0.3) is 0 Å². The molecule has 0 N–H and O–H groups in total. The van der Waals surface area contributed by atoms with Crippen LogP contribution in [-0.4, -0.2) is 24.1 Å². The zero-order valence-corrected chi connectivity index (χ0v) is 14.0. The predicted molar refractivity (Wildman–Crippen MR) is 67.6 cm³/mol. The molecule has 1 atom stereocenters. The quantitative estimate of drug-likeness (QED) is 0.431. The molecule has 0 aromatic heterocycles. The van der Waals surface area contributed by atoms with E-state index in [-0.39, 0.29) is 37.3 Å². The molecule has 0 aromatic rings. The van der Waals surface area contributed by atoms with Gasteiger partial charge in [-0.25, -0.2) is 0 Å². The van der Waals surface area contributed by atoms with Gasteiger partial charge in [0.1, 0.15) is 5.60 Å². The fourth-order valence-corrected chi connectivity index (χ4v) is 2.06. The molecular formula is C14H23O4Ru. The summed E-state index contributed by atoms with van der Waals surface area (Å²) in [7, 11) is 0. The van der Waals surface area contributed by atoms with Crippen molar-refractivity contribution in [2.45, 2.75) is 53.1 Å². The van der Waals surface area contributed by atoms with Gasteiger partial charge in [-0.2, -0.15) is 13.3 Å². The first-order valence-corrected chi connectivity index (χ1v) is 6.43. The van der Waals surface area contributed by atoms with Gasteiger partial charge < -0.3 is 9.47 Å². The van der Waals surface area contributed by atoms with Crippen molar-refractivity contribution in [2.75, 3.05) is 6.61 Å². The third-order valence-corrected chi connectivity index (χ3v) is 3.26. The zero-order valence-electron chi connectivity index (χ0n) is 12.3. The Kier molecular flexibility index (Phi) is 7.06. The van der Waals surface area contributed by atoms with Crippen LogP contribution in [0.3, 0.4) is 0 Å². The summed E-state index contributed by atoms with van der Waals surface area (Å²) in [6.07, 6.45) is 1.05. The topological polar surface area (TPSA) is 52.6 Å². The number of esters is 2. The normalized spacial score (nSPS) is 18.8. The van der Waals surface area contributed by atoms with E-state index < -0.39 is 5.60 Å². The minimum atomic E-state index is -0.665. The standard InChI is InChI=1S/C14H23O4.Ru/c1-9(2)6-10(3)13(16)18-14(4,5)11-7-12(15)17-8-11;/h9,11H,6-8H2,1-5H3;/q-1;+1. The Labute approximate surface area is 128 Å². The van der Waals surface area contributed by atoms with Crippen LogP contribution >= 0.6 is 0 Å². The Hall–Kier alpha value is -0.567. The molecule has 5 heteroatoms. The second-order valence-corrected chi connectivity index (χ2v) is 5.96. The van der Waals surface area contributed by atoms with Gasteiger partial charge in [-0.15, -0.1) is 0 Å². The molecule has 19 heavy (non-hydrogen) atoms. The molecule has 1 unspecified atom stereocenters. The van der Waals surface area contributed by atoms with Gasteiger partial charge >= 0.3 is 25.4 Å². The van der Waals surface area contributed by atoms with Crippen molar-refractivity contribution in [3.8, 4) is 0 Å². The van der Waals surface area contributed by atoms with Gasteiger partial charge in [-0.1, -0.05) is 19.8 Å². The van der Waals surface area contributed by atoms with Crippen LogP contribution in [0.4, 0.5) is 0 Å². The Morgan fingerprint density at radius 2 is 2.11 bits per heavy atom. The average Bonchev–Trinajstić information content (AvgIpc) is 2.63. The first-order valence-electron chi connectivity index (χ1n) is 6.43. The number of carbonyl (C=O) groups excluding carboxylic acids is 2. The number of ether oxygens (including phenoxy) is 2. The zero-order chi connectivity index (χ0) is 13.9. The van der Waals surface area contributed by atoms with Crippen molar-refractivity contribution in [1.29, 1.82) is 0 Å². The maximum Gasteiger partial charge on any atom is 1.00 e. The van der Waals surface area contributed by atoms with Crippen LogP contribution in [-0.2, 0) is 38.5 Å². The molecule has 0 aliphatic carbocycles. The average molecular weight is 356 g/mol. The number of hydrogen-bond acceptors (Lipinski definition) is 4. The molecule has 0 bridgehead atoms. The molecule has 1 heterocycles. The number of hydrogen-bond donors (Lipinski definition) is 0. The summed E-state index contributed by atoms with van der Waals surface area (Å²) >= 11 is 0. The van der Waals surface area contributed by atoms with Crippen molar-refractivity contribution < 1.29 is 38.5 Å². The van der Waals surface area contributed by atoms with Gasteiger partial charge in [0.2, 0.25) is 0 Å². The van der Waals surface area contributed by atoms with E-state index in [2.05, 4.69) is 13.8 Å². The molecule has 1 radical (unpaired) electrons. The maximum absolute atomic E-state index is 11.9. The van der Waals surface area contributed by atoms with Gasteiger partial charge in [0.25, 0.3) is 0 Å². The van der Waals surface area contributed by atoms with E-state index >= 15 is 0 Å². The third-order valence-electron chi connectivity index (χ3n) is 3.26. The molecule has 1 aliphatic rings. The van der Waals surface area contributed by atoms with E-state index in [0.29, 0.717) is 18.9 Å². The summed E-state index contributed by atoms with van der Waals surface area (Å²) in [6.45, 7) is 9.92. The fourth-order valence-electron chi connectivity index (χ4n) is 2.06. The summed E-state index contributed by atoms with van der Waals surface area (Å²) in [5, 5.41) is 0. The minimum absolute atomic E-state index is 0. The summed E-state index contributed by atoms with van der Waals surface area (Å²) in [4.78, 5) is 23.0. The molecule has 0 aromatic carbocycles. The number of carbonyl (C=O) groups is 2. The SMILES string of the molecule is C[C-](CC(C)C)C(=O)OC(C)(C)C1COC(=O)C1.[Ru+]. The first-order chi connectivity index (χ1) is 8.22. The van der Waals surface area contributed by atoms with Crippen molar-refractivity contribution in [2.24, 2.45) is 11.8 Å². The van der Waals surface area contributed by atoms with Crippen LogP contribution in [0.15, 0.2) is 0 Å². The largest absolute Gasteiger partial charge is 1.00 e. The van der Waals surface area contributed by atoms with Gasteiger partial charge in [-0.3, -0.25) is 15.5 Å². The van der Waals surface area contributed by atoms with Crippen LogP contribution in [0.1, 0.15) is 47.5 Å². The molecule has 1 aliphatic heterocycles. The van der Waals surface area contributed by atoms with Crippen molar-refractivity contribution in [1.82, 2.24) is 0 Å². The Morgan fingerprint density at radius 3 is 2.53 bits per heavy atom. The van der Waals surface area contributed by atoms with E-state index in [4.69, 9.17) is 9.47 Å².